The second-order valence-corrected chi connectivity index (χ2v) is 5.48. The summed E-state index contributed by atoms with van der Waals surface area (Å²) in [6.07, 6.45) is 2.84. The molecule has 3 aromatic rings. The highest BCUT2D eigenvalue weighted by Gasteiger charge is 2.08. The van der Waals surface area contributed by atoms with Crippen molar-refractivity contribution in [3.05, 3.63) is 77.3 Å². The van der Waals surface area contributed by atoms with Crippen molar-refractivity contribution in [3.63, 3.8) is 0 Å². The highest BCUT2D eigenvalue weighted by molar-refractivity contribution is 5.94. The van der Waals surface area contributed by atoms with Gasteiger partial charge in [-0.25, -0.2) is 10.2 Å². The average molecular weight is 349 g/mol. The first-order valence-electron chi connectivity index (χ1n) is 7.72. The topological polar surface area (TPSA) is 105 Å². The lowest BCUT2D eigenvalue weighted by molar-refractivity contribution is 0.0696. The Hall–Kier alpha value is -3.74. The van der Waals surface area contributed by atoms with E-state index in [0.29, 0.717) is 22.6 Å². The number of carboxylic acids is 1. The highest BCUT2D eigenvalue weighted by atomic mass is 16.4. The minimum atomic E-state index is -1.01. The Balaban J connectivity index is 1.67. The Labute approximate surface area is 149 Å². The van der Waals surface area contributed by atoms with Gasteiger partial charge >= 0.3 is 5.97 Å². The Morgan fingerprint density at radius 1 is 1.15 bits per heavy atom. The lowest BCUT2D eigenvalue weighted by Crippen LogP contribution is -2.17. The van der Waals surface area contributed by atoms with Gasteiger partial charge in [0.05, 0.1) is 17.3 Å². The van der Waals surface area contributed by atoms with Crippen molar-refractivity contribution in [1.82, 2.24) is 10.4 Å². The zero-order valence-corrected chi connectivity index (χ0v) is 13.8. The largest absolute Gasteiger partial charge is 0.478 e. The number of carbonyl (C=O) groups is 2. The van der Waals surface area contributed by atoms with Gasteiger partial charge in [-0.15, -0.1) is 0 Å². The number of nitrogens with zero attached hydrogens (tertiary/aromatic N) is 2. The molecule has 1 aromatic carbocycles. The number of hydrogen-bond acceptors (Lipinski definition) is 5. The summed E-state index contributed by atoms with van der Waals surface area (Å²) in [5, 5.41) is 12.9. The van der Waals surface area contributed by atoms with E-state index in [1.54, 1.807) is 36.4 Å². The number of pyridine rings is 1. The minimum Gasteiger partial charge on any atom is -0.478 e. The molecule has 0 spiro atoms. The van der Waals surface area contributed by atoms with Crippen molar-refractivity contribution in [3.8, 4) is 11.3 Å². The first-order valence-corrected chi connectivity index (χ1v) is 7.72. The molecule has 0 aliphatic rings. The van der Waals surface area contributed by atoms with Gasteiger partial charge in [0, 0.05) is 17.5 Å². The predicted octanol–water partition coefficient (Wildman–Crippen LogP) is 3.11. The SMILES string of the molecule is Cc1ccc(C(=O)NN=Cc2ccc(-c3cccc(C(=O)O)c3)o2)cn1. The maximum absolute atomic E-state index is 11.9. The van der Waals surface area contributed by atoms with Crippen LogP contribution in [0.2, 0.25) is 0 Å². The first-order chi connectivity index (χ1) is 12.5. The summed E-state index contributed by atoms with van der Waals surface area (Å²) >= 11 is 0. The lowest BCUT2D eigenvalue weighted by atomic mass is 10.1. The van der Waals surface area contributed by atoms with E-state index in [9.17, 15) is 9.59 Å². The second kappa shape index (κ2) is 7.43. The van der Waals surface area contributed by atoms with Gasteiger partial charge in [0.1, 0.15) is 11.5 Å². The van der Waals surface area contributed by atoms with Gasteiger partial charge in [-0.1, -0.05) is 12.1 Å². The molecule has 1 amide bonds. The van der Waals surface area contributed by atoms with Crippen LogP contribution < -0.4 is 5.43 Å². The first kappa shape index (κ1) is 17.1. The van der Waals surface area contributed by atoms with Gasteiger partial charge < -0.3 is 9.52 Å². The zero-order valence-electron chi connectivity index (χ0n) is 13.8. The molecule has 2 aromatic heterocycles. The average Bonchev–Trinajstić information content (AvgIpc) is 3.11. The van der Waals surface area contributed by atoms with Crippen molar-refractivity contribution < 1.29 is 19.1 Å². The number of aryl methyl sites for hydroxylation is 1. The zero-order chi connectivity index (χ0) is 18.5. The molecule has 130 valence electrons. The Morgan fingerprint density at radius 2 is 2.00 bits per heavy atom. The van der Waals surface area contributed by atoms with E-state index in [2.05, 4.69) is 15.5 Å². The van der Waals surface area contributed by atoms with Crippen molar-refractivity contribution in [2.75, 3.05) is 0 Å². The van der Waals surface area contributed by atoms with Crippen LogP contribution in [0.1, 0.15) is 32.2 Å². The number of carbonyl (C=O) groups excluding carboxylic acids is 1. The van der Waals surface area contributed by atoms with Gasteiger partial charge in [0.25, 0.3) is 5.91 Å². The van der Waals surface area contributed by atoms with E-state index in [1.165, 1.54) is 24.5 Å². The summed E-state index contributed by atoms with van der Waals surface area (Å²) in [5.41, 5.74) is 4.43. The van der Waals surface area contributed by atoms with Crippen molar-refractivity contribution in [2.45, 2.75) is 6.92 Å². The molecule has 26 heavy (non-hydrogen) atoms. The number of aromatic carboxylic acids is 1. The fourth-order valence-corrected chi connectivity index (χ4v) is 2.20. The molecule has 0 aliphatic carbocycles. The van der Waals surface area contributed by atoms with Gasteiger partial charge in [-0.3, -0.25) is 9.78 Å². The highest BCUT2D eigenvalue weighted by Crippen LogP contribution is 2.22. The van der Waals surface area contributed by atoms with E-state index in [4.69, 9.17) is 9.52 Å². The van der Waals surface area contributed by atoms with Crippen LogP contribution in [0.25, 0.3) is 11.3 Å². The van der Waals surface area contributed by atoms with Crippen molar-refractivity contribution >= 4 is 18.1 Å². The Morgan fingerprint density at radius 3 is 2.73 bits per heavy atom. The van der Waals surface area contributed by atoms with Crippen LogP contribution in [-0.2, 0) is 0 Å². The van der Waals surface area contributed by atoms with E-state index in [0.717, 1.165) is 5.69 Å². The number of benzene rings is 1. The standard InChI is InChI=1S/C19H15N3O4/c1-12-5-6-15(10-20-12)18(23)22-21-11-16-7-8-17(26-16)13-3-2-4-14(9-13)19(24)25/h2-11H,1H3,(H,22,23)(H,24,25). The number of hydrogen-bond donors (Lipinski definition) is 2. The third kappa shape index (κ3) is 4.02. The molecule has 0 atom stereocenters. The van der Waals surface area contributed by atoms with Crippen LogP contribution in [0.15, 0.2) is 64.2 Å². The van der Waals surface area contributed by atoms with Gasteiger partial charge in [0.2, 0.25) is 0 Å². The third-order valence-corrected chi connectivity index (χ3v) is 3.55. The molecule has 0 fully saturated rings. The van der Waals surface area contributed by atoms with E-state index in [-0.39, 0.29) is 11.5 Å². The van der Waals surface area contributed by atoms with Crippen LogP contribution >= 0.6 is 0 Å². The van der Waals surface area contributed by atoms with Crippen LogP contribution in [-0.4, -0.2) is 28.2 Å². The summed E-state index contributed by atoms with van der Waals surface area (Å²) in [6.45, 7) is 1.83. The number of carboxylic acid groups (broad SMARTS) is 1. The van der Waals surface area contributed by atoms with E-state index in [1.807, 2.05) is 6.92 Å². The molecule has 7 nitrogen and oxygen atoms in total. The quantitative estimate of drug-likeness (QED) is 0.544. The Kier molecular flexibility index (Phi) is 4.89. The predicted molar refractivity (Wildman–Crippen MR) is 95.1 cm³/mol. The summed E-state index contributed by atoms with van der Waals surface area (Å²) in [5.74, 6) is -0.463. The second-order valence-electron chi connectivity index (χ2n) is 5.48. The number of rotatable bonds is 5. The maximum Gasteiger partial charge on any atom is 0.335 e. The van der Waals surface area contributed by atoms with Crippen LogP contribution in [0, 0.1) is 6.92 Å². The molecule has 0 unspecified atom stereocenters. The maximum atomic E-state index is 11.9. The molecule has 2 N–H and O–H groups in total. The molecular weight excluding hydrogens is 334 g/mol. The fourth-order valence-electron chi connectivity index (χ4n) is 2.20. The molecule has 7 heteroatoms. The molecule has 0 radical (unpaired) electrons. The normalized spacial score (nSPS) is 10.8. The van der Waals surface area contributed by atoms with Crippen molar-refractivity contribution in [2.24, 2.45) is 5.10 Å². The van der Waals surface area contributed by atoms with E-state index < -0.39 is 5.97 Å². The number of hydrazone groups is 1. The Bertz CT molecular complexity index is 974. The third-order valence-electron chi connectivity index (χ3n) is 3.55. The summed E-state index contributed by atoms with van der Waals surface area (Å²) in [4.78, 5) is 27.0. The summed E-state index contributed by atoms with van der Waals surface area (Å²) in [7, 11) is 0. The van der Waals surface area contributed by atoms with E-state index >= 15 is 0 Å². The summed E-state index contributed by atoms with van der Waals surface area (Å²) in [6, 6.07) is 13.2. The number of nitrogens with one attached hydrogen (secondary N) is 1. The molecular formula is C19H15N3O4. The van der Waals surface area contributed by atoms with Crippen LogP contribution in [0.5, 0.6) is 0 Å². The number of furan rings is 1. The fraction of sp³-hybridized carbons (Fsp3) is 0.0526. The molecule has 0 saturated heterocycles. The lowest BCUT2D eigenvalue weighted by Gasteiger charge is -1.99. The van der Waals surface area contributed by atoms with Gasteiger partial charge in [0.15, 0.2) is 0 Å². The van der Waals surface area contributed by atoms with Gasteiger partial charge in [-0.05, 0) is 43.3 Å². The molecule has 0 aliphatic heterocycles. The van der Waals surface area contributed by atoms with Crippen LogP contribution in [0.4, 0.5) is 0 Å². The summed E-state index contributed by atoms with van der Waals surface area (Å²) < 4.78 is 5.60. The number of amides is 1. The molecule has 0 bridgehead atoms. The molecule has 0 saturated carbocycles. The monoisotopic (exact) mass is 349 g/mol. The minimum absolute atomic E-state index is 0.174. The number of aromatic nitrogens is 1. The molecule has 3 rings (SSSR count). The van der Waals surface area contributed by atoms with Gasteiger partial charge in [-0.2, -0.15) is 5.10 Å². The van der Waals surface area contributed by atoms with Crippen LogP contribution in [0.3, 0.4) is 0 Å². The smallest absolute Gasteiger partial charge is 0.335 e. The van der Waals surface area contributed by atoms with Crippen molar-refractivity contribution in [1.29, 1.82) is 0 Å². The molecule has 2 heterocycles.